The molecule has 0 unspecified atom stereocenters. The van der Waals surface area contributed by atoms with Crippen molar-refractivity contribution in [3.05, 3.63) is 36.5 Å². The first-order chi connectivity index (χ1) is 9.87. The van der Waals surface area contributed by atoms with E-state index in [4.69, 9.17) is 0 Å². The number of fused-ring (bicyclic) bond motifs is 1. The van der Waals surface area contributed by atoms with Crippen molar-refractivity contribution in [2.24, 2.45) is 22.7 Å². The highest BCUT2D eigenvalue weighted by atomic mass is 16.1. The van der Waals surface area contributed by atoms with Crippen molar-refractivity contribution in [2.45, 2.75) is 59.3 Å². The van der Waals surface area contributed by atoms with E-state index >= 15 is 0 Å². The molecule has 0 aromatic carbocycles. The summed E-state index contributed by atoms with van der Waals surface area (Å²) in [5, 5.41) is 0. The zero-order valence-corrected chi connectivity index (χ0v) is 14.0. The Kier molecular flexibility index (Phi) is 4.60. The zero-order chi connectivity index (χ0) is 15.7. The summed E-state index contributed by atoms with van der Waals surface area (Å²) in [6, 6.07) is 0. The Morgan fingerprint density at radius 2 is 2.10 bits per heavy atom. The predicted molar refractivity (Wildman–Crippen MR) is 90.1 cm³/mol. The first-order valence-corrected chi connectivity index (χ1v) is 8.30. The molecule has 21 heavy (non-hydrogen) atoms. The standard InChI is InChI=1S/C20H30O/c1-6-15(2)8-10-17-16(3)9-11-18-19(4,14-21)12-7-13-20(17,18)5/h6,8,14,17-18H,1,3,7,9-13H2,2,4-5H3/b15-8+/t17-,18-,19+,20+/m0/s1. The largest absolute Gasteiger partial charge is 0.303 e. The summed E-state index contributed by atoms with van der Waals surface area (Å²) in [7, 11) is 0. The topological polar surface area (TPSA) is 17.1 Å². The van der Waals surface area contributed by atoms with E-state index in [9.17, 15) is 4.79 Å². The maximum atomic E-state index is 11.7. The molecule has 0 heterocycles. The normalized spacial score (nSPS) is 40.5. The van der Waals surface area contributed by atoms with Crippen LogP contribution in [0.5, 0.6) is 0 Å². The lowest BCUT2D eigenvalue weighted by Crippen LogP contribution is -2.51. The fourth-order valence-electron chi connectivity index (χ4n) is 4.96. The molecule has 0 N–H and O–H groups in total. The Hall–Kier alpha value is -1.11. The van der Waals surface area contributed by atoms with E-state index in [0.717, 1.165) is 32.1 Å². The summed E-state index contributed by atoms with van der Waals surface area (Å²) in [5.74, 6) is 1.01. The molecule has 0 spiro atoms. The van der Waals surface area contributed by atoms with E-state index in [0.29, 0.717) is 11.8 Å². The Labute approximate surface area is 130 Å². The van der Waals surface area contributed by atoms with Crippen LogP contribution in [0.25, 0.3) is 0 Å². The predicted octanol–water partition coefficient (Wildman–Crippen LogP) is 5.49. The summed E-state index contributed by atoms with van der Waals surface area (Å²) in [5.41, 5.74) is 2.71. The minimum absolute atomic E-state index is 0.136. The van der Waals surface area contributed by atoms with Crippen LogP contribution < -0.4 is 0 Å². The maximum absolute atomic E-state index is 11.7. The molecule has 2 saturated carbocycles. The number of allylic oxidation sites excluding steroid dienone is 4. The van der Waals surface area contributed by atoms with Crippen molar-refractivity contribution in [3.63, 3.8) is 0 Å². The minimum atomic E-state index is -0.136. The zero-order valence-electron chi connectivity index (χ0n) is 14.0. The molecule has 1 heteroatoms. The molecule has 2 fully saturated rings. The summed E-state index contributed by atoms with van der Waals surface area (Å²) < 4.78 is 0. The van der Waals surface area contributed by atoms with E-state index in [1.807, 2.05) is 6.08 Å². The van der Waals surface area contributed by atoms with Gasteiger partial charge in [0.2, 0.25) is 0 Å². The first-order valence-electron chi connectivity index (χ1n) is 8.30. The summed E-state index contributed by atoms with van der Waals surface area (Å²) in [4.78, 5) is 11.7. The van der Waals surface area contributed by atoms with Gasteiger partial charge in [-0.1, -0.05) is 56.7 Å². The highest BCUT2D eigenvalue weighted by Crippen LogP contribution is 2.61. The van der Waals surface area contributed by atoms with Crippen LogP contribution in [0.15, 0.2) is 36.5 Å². The summed E-state index contributed by atoms with van der Waals surface area (Å²) in [6.07, 6.45) is 12.1. The Morgan fingerprint density at radius 3 is 2.71 bits per heavy atom. The molecule has 0 aliphatic heterocycles. The van der Waals surface area contributed by atoms with Gasteiger partial charge in [0.1, 0.15) is 6.29 Å². The van der Waals surface area contributed by atoms with E-state index in [-0.39, 0.29) is 10.8 Å². The van der Waals surface area contributed by atoms with Crippen molar-refractivity contribution < 1.29 is 4.79 Å². The number of carbonyl (C=O) groups is 1. The molecular weight excluding hydrogens is 256 g/mol. The lowest BCUT2D eigenvalue weighted by Gasteiger charge is -2.57. The molecular formula is C20H30O. The van der Waals surface area contributed by atoms with Crippen LogP contribution in [0.3, 0.4) is 0 Å². The fourth-order valence-corrected chi connectivity index (χ4v) is 4.96. The third-order valence-electron chi connectivity index (χ3n) is 6.33. The number of hydrogen-bond acceptors (Lipinski definition) is 1. The van der Waals surface area contributed by atoms with Crippen LogP contribution >= 0.6 is 0 Å². The maximum Gasteiger partial charge on any atom is 0.126 e. The minimum Gasteiger partial charge on any atom is -0.303 e. The van der Waals surface area contributed by atoms with Crippen molar-refractivity contribution in [1.29, 1.82) is 0 Å². The molecule has 0 aromatic heterocycles. The van der Waals surface area contributed by atoms with E-state index in [1.165, 1.54) is 23.9 Å². The highest BCUT2D eigenvalue weighted by molar-refractivity contribution is 5.60. The van der Waals surface area contributed by atoms with Gasteiger partial charge < -0.3 is 4.79 Å². The monoisotopic (exact) mass is 286 g/mol. The molecule has 4 atom stereocenters. The van der Waals surface area contributed by atoms with Crippen LogP contribution in [0.1, 0.15) is 59.3 Å². The molecule has 0 radical (unpaired) electrons. The SMILES string of the molecule is C=C/C(C)=C/C[C@H]1C(=C)CC[C@@H]2[C@]1(C)CCC[C@]2(C)C=O. The Bertz CT molecular complexity index is 472. The first kappa shape index (κ1) is 16.3. The average molecular weight is 286 g/mol. The molecule has 116 valence electrons. The van der Waals surface area contributed by atoms with Gasteiger partial charge in [-0.2, -0.15) is 0 Å². The second-order valence-corrected chi connectivity index (χ2v) is 7.67. The molecule has 0 amide bonds. The summed E-state index contributed by atoms with van der Waals surface area (Å²) in [6.45, 7) is 14.9. The quantitative estimate of drug-likeness (QED) is 0.379. The van der Waals surface area contributed by atoms with Crippen molar-refractivity contribution in [1.82, 2.24) is 0 Å². The van der Waals surface area contributed by atoms with Crippen LogP contribution in [0, 0.1) is 22.7 Å². The number of carbonyl (C=O) groups excluding carboxylic acids is 1. The van der Waals surface area contributed by atoms with Gasteiger partial charge in [-0.3, -0.25) is 0 Å². The van der Waals surface area contributed by atoms with E-state index in [2.05, 4.69) is 40.0 Å². The van der Waals surface area contributed by atoms with Gasteiger partial charge in [-0.25, -0.2) is 0 Å². The Balaban J connectivity index is 2.33. The molecule has 2 rings (SSSR count). The third-order valence-corrected chi connectivity index (χ3v) is 6.33. The lowest BCUT2D eigenvalue weighted by molar-refractivity contribution is -0.130. The van der Waals surface area contributed by atoms with Crippen molar-refractivity contribution >= 4 is 6.29 Å². The smallest absolute Gasteiger partial charge is 0.126 e. The van der Waals surface area contributed by atoms with Gasteiger partial charge in [-0.05, 0) is 56.3 Å². The number of rotatable bonds is 4. The van der Waals surface area contributed by atoms with Gasteiger partial charge in [0.15, 0.2) is 0 Å². The molecule has 0 saturated heterocycles. The molecule has 1 nitrogen and oxygen atoms in total. The molecule has 2 aliphatic rings. The van der Waals surface area contributed by atoms with Crippen molar-refractivity contribution in [2.75, 3.05) is 0 Å². The van der Waals surface area contributed by atoms with E-state index in [1.54, 1.807) is 0 Å². The van der Waals surface area contributed by atoms with Gasteiger partial charge >= 0.3 is 0 Å². The molecule has 0 bridgehead atoms. The van der Waals surface area contributed by atoms with Crippen LogP contribution in [-0.2, 0) is 4.79 Å². The van der Waals surface area contributed by atoms with Gasteiger partial charge in [0, 0.05) is 5.41 Å². The second-order valence-electron chi connectivity index (χ2n) is 7.67. The van der Waals surface area contributed by atoms with Gasteiger partial charge in [0.25, 0.3) is 0 Å². The molecule has 0 aromatic rings. The average Bonchev–Trinajstić information content (AvgIpc) is 2.45. The van der Waals surface area contributed by atoms with Crippen LogP contribution in [0.4, 0.5) is 0 Å². The Morgan fingerprint density at radius 1 is 1.38 bits per heavy atom. The highest BCUT2D eigenvalue weighted by Gasteiger charge is 2.54. The molecule has 2 aliphatic carbocycles. The summed E-state index contributed by atoms with van der Waals surface area (Å²) >= 11 is 0. The van der Waals surface area contributed by atoms with Gasteiger partial charge in [-0.15, -0.1) is 0 Å². The van der Waals surface area contributed by atoms with Crippen LogP contribution in [0.2, 0.25) is 0 Å². The van der Waals surface area contributed by atoms with E-state index < -0.39 is 0 Å². The number of aldehydes is 1. The van der Waals surface area contributed by atoms with Crippen molar-refractivity contribution in [3.8, 4) is 0 Å². The second kappa shape index (κ2) is 5.94. The van der Waals surface area contributed by atoms with Crippen LogP contribution in [-0.4, -0.2) is 6.29 Å². The van der Waals surface area contributed by atoms with Gasteiger partial charge in [0.05, 0.1) is 0 Å². The third kappa shape index (κ3) is 2.80. The number of hydrogen-bond donors (Lipinski definition) is 0. The lowest BCUT2D eigenvalue weighted by atomic mass is 9.47. The fraction of sp³-hybridized carbons (Fsp3) is 0.650.